The van der Waals surface area contributed by atoms with E-state index in [0.717, 1.165) is 12.1 Å². The van der Waals surface area contributed by atoms with E-state index < -0.39 is 26.6 Å². The molecule has 2 heterocycles. The molecule has 0 saturated carbocycles. The third-order valence-electron chi connectivity index (χ3n) is 4.46. The van der Waals surface area contributed by atoms with Crippen LogP contribution in [0.2, 0.25) is 5.02 Å². The molecule has 158 valence electrons. The zero-order valence-electron chi connectivity index (χ0n) is 15.3. The highest BCUT2D eigenvalue weighted by Gasteiger charge is 2.27. The second-order valence-corrected chi connectivity index (χ2v) is 9.47. The molecule has 0 atom stereocenters. The Morgan fingerprint density at radius 3 is 2.63 bits per heavy atom. The summed E-state index contributed by atoms with van der Waals surface area (Å²) in [5.74, 6) is -1.34. The number of hydrogen-bond acceptors (Lipinski definition) is 7. The fourth-order valence-electron chi connectivity index (χ4n) is 3.01. The van der Waals surface area contributed by atoms with Crippen LogP contribution >= 0.6 is 22.9 Å². The number of thiazole rings is 1. The standard InChI is InChI=1S/C18H16ClF2N5O2S2/c19-12-4-17(30(27,28)25-18-8-29-9-23-18)13(21)5-15(12)24-14-2-1-10(20)3-16(14)26-6-11(22)7-26/h1-5,8-9,11,24-25H,6-7,22H2. The van der Waals surface area contributed by atoms with Crippen molar-refractivity contribution in [2.24, 2.45) is 5.73 Å². The zero-order chi connectivity index (χ0) is 21.5. The summed E-state index contributed by atoms with van der Waals surface area (Å²) in [4.78, 5) is 5.08. The maximum atomic E-state index is 14.7. The topological polar surface area (TPSA) is 100 Å². The molecule has 0 unspecified atom stereocenters. The van der Waals surface area contributed by atoms with Gasteiger partial charge in [0.05, 0.1) is 27.6 Å². The van der Waals surface area contributed by atoms with E-state index in [4.69, 9.17) is 17.3 Å². The molecule has 1 fully saturated rings. The monoisotopic (exact) mass is 471 g/mol. The molecule has 7 nitrogen and oxygen atoms in total. The summed E-state index contributed by atoms with van der Waals surface area (Å²) >= 11 is 7.42. The molecule has 2 aromatic carbocycles. The molecule has 0 amide bonds. The first-order valence-electron chi connectivity index (χ1n) is 8.70. The molecule has 1 aliphatic rings. The van der Waals surface area contributed by atoms with Crippen LogP contribution in [-0.2, 0) is 10.0 Å². The van der Waals surface area contributed by atoms with Gasteiger partial charge in [0.1, 0.15) is 16.5 Å². The van der Waals surface area contributed by atoms with E-state index in [1.54, 1.807) is 0 Å². The van der Waals surface area contributed by atoms with Gasteiger partial charge in [0, 0.05) is 30.6 Å². The van der Waals surface area contributed by atoms with Crippen molar-refractivity contribution in [2.45, 2.75) is 10.9 Å². The molecule has 0 bridgehead atoms. The predicted octanol–water partition coefficient (Wildman–Crippen LogP) is 3.77. The van der Waals surface area contributed by atoms with Crippen LogP contribution in [0.25, 0.3) is 0 Å². The van der Waals surface area contributed by atoms with E-state index in [1.807, 2.05) is 4.90 Å². The Morgan fingerprint density at radius 2 is 1.97 bits per heavy atom. The first-order valence-corrected chi connectivity index (χ1v) is 11.5. The van der Waals surface area contributed by atoms with Gasteiger partial charge in [-0.3, -0.25) is 4.72 Å². The lowest BCUT2D eigenvalue weighted by atomic mass is 10.1. The smallest absolute Gasteiger partial charge is 0.266 e. The van der Waals surface area contributed by atoms with Crippen molar-refractivity contribution in [2.75, 3.05) is 28.0 Å². The molecule has 4 N–H and O–H groups in total. The Balaban J connectivity index is 1.63. The Bertz CT molecular complexity index is 1190. The van der Waals surface area contributed by atoms with Crippen LogP contribution in [0.5, 0.6) is 0 Å². The number of halogens is 3. The summed E-state index contributed by atoms with van der Waals surface area (Å²) in [6, 6.07) is 6.08. The highest BCUT2D eigenvalue weighted by atomic mass is 35.5. The molecule has 1 saturated heterocycles. The van der Waals surface area contributed by atoms with E-state index in [1.165, 1.54) is 40.4 Å². The third-order valence-corrected chi connectivity index (χ3v) is 6.73. The minimum atomic E-state index is -4.22. The largest absolute Gasteiger partial charge is 0.367 e. The quantitative estimate of drug-likeness (QED) is 0.506. The van der Waals surface area contributed by atoms with Gasteiger partial charge in [0.25, 0.3) is 10.0 Å². The summed E-state index contributed by atoms with van der Waals surface area (Å²) in [6.07, 6.45) is 0. The fourth-order valence-corrected chi connectivity index (χ4v) is 4.93. The van der Waals surface area contributed by atoms with Gasteiger partial charge in [-0.15, -0.1) is 11.3 Å². The number of sulfonamides is 1. The Hall–Kier alpha value is -2.47. The van der Waals surface area contributed by atoms with Crippen molar-refractivity contribution in [3.63, 3.8) is 0 Å². The van der Waals surface area contributed by atoms with E-state index >= 15 is 0 Å². The van der Waals surface area contributed by atoms with E-state index in [9.17, 15) is 17.2 Å². The lowest BCUT2D eigenvalue weighted by Crippen LogP contribution is -2.56. The second-order valence-electron chi connectivity index (χ2n) is 6.69. The van der Waals surface area contributed by atoms with E-state index in [0.29, 0.717) is 24.5 Å². The molecule has 12 heteroatoms. The first kappa shape index (κ1) is 20.8. The number of nitrogens with one attached hydrogen (secondary N) is 2. The number of anilines is 4. The summed E-state index contributed by atoms with van der Waals surface area (Å²) in [5.41, 5.74) is 8.42. The normalized spacial score (nSPS) is 14.5. The molecule has 30 heavy (non-hydrogen) atoms. The van der Waals surface area contributed by atoms with Crippen LogP contribution in [-0.4, -0.2) is 32.5 Å². The maximum absolute atomic E-state index is 14.7. The summed E-state index contributed by atoms with van der Waals surface area (Å²) < 4.78 is 55.6. The zero-order valence-corrected chi connectivity index (χ0v) is 17.7. The Morgan fingerprint density at radius 1 is 1.20 bits per heavy atom. The van der Waals surface area contributed by atoms with Crippen molar-refractivity contribution < 1.29 is 17.2 Å². The summed E-state index contributed by atoms with van der Waals surface area (Å²) in [5, 5.41) is 4.40. The molecule has 4 rings (SSSR count). The van der Waals surface area contributed by atoms with Crippen molar-refractivity contribution >= 4 is 55.8 Å². The van der Waals surface area contributed by atoms with Crippen LogP contribution < -0.4 is 20.7 Å². The molecule has 0 spiro atoms. The fraction of sp³-hybridized carbons (Fsp3) is 0.167. The lowest BCUT2D eigenvalue weighted by molar-refractivity contribution is 0.518. The number of rotatable bonds is 6. The van der Waals surface area contributed by atoms with Crippen LogP contribution in [0.4, 0.5) is 31.7 Å². The number of nitrogens with zero attached hydrogens (tertiary/aromatic N) is 2. The minimum absolute atomic E-state index is 0.00291. The average Bonchev–Trinajstić information content (AvgIpc) is 3.15. The maximum Gasteiger partial charge on any atom is 0.266 e. The molecular weight excluding hydrogens is 456 g/mol. The Labute approximate surface area is 180 Å². The van der Waals surface area contributed by atoms with Crippen molar-refractivity contribution in [3.05, 3.63) is 57.9 Å². The summed E-state index contributed by atoms with van der Waals surface area (Å²) in [6.45, 7) is 1.11. The molecule has 0 radical (unpaired) electrons. The predicted molar refractivity (Wildman–Crippen MR) is 114 cm³/mol. The molecular formula is C18H16ClF2N5O2S2. The van der Waals surface area contributed by atoms with Crippen LogP contribution in [0.15, 0.2) is 46.1 Å². The third kappa shape index (κ3) is 4.19. The second kappa shape index (κ2) is 7.99. The van der Waals surface area contributed by atoms with Gasteiger partial charge in [0.15, 0.2) is 5.82 Å². The van der Waals surface area contributed by atoms with E-state index in [2.05, 4.69) is 15.0 Å². The van der Waals surface area contributed by atoms with Crippen molar-refractivity contribution in [1.29, 1.82) is 0 Å². The van der Waals surface area contributed by atoms with Crippen LogP contribution in [0.3, 0.4) is 0 Å². The number of aromatic nitrogens is 1. The number of hydrogen-bond donors (Lipinski definition) is 3. The van der Waals surface area contributed by atoms with Gasteiger partial charge in [-0.2, -0.15) is 0 Å². The minimum Gasteiger partial charge on any atom is -0.367 e. The van der Waals surface area contributed by atoms with Gasteiger partial charge in [0.2, 0.25) is 0 Å². The first-order chi connectivity index (χ1) is 14.2. The van der Waals surface area contributed by atoms with Crippen molar-refractivity contribution in [3.8, 4) is 0 Å². The summed E-state index contributed by atoms with van der Waals surface area (Å²) in [7, 11) is -4.22. The van der Waals surface area contributed by atoms with Gasteiger partial charge in [-0.05, 0) is 24.3 Å². The molecule has 1 aliphatic heterocycles. The average molecular weight is 472 g/mol. The Kier molecular flexibility index (Phi) is 5.53. The van der Waals surface area contributed by atoms with Gasteiger partial charge in [-0.25, -0.2) is 22.2 Å². The van der Waals surface area contributed by atoms with Gasteiger partial charge in [-0.1, -0.05) is 11.6 Å². The van der Waals surface area contributed by atoms with Crippen LogP contribution in [0.1, 0.15) is 0 Å². The van der Waals surface area contributed by atoms with Crippen LogP contribution in [0, 0.1) is 11.6 Å². The van der Waals surface area contributed by atoms with E-state index in [-0.39, 0.29) is 22.6 Å². The van der Waals surface area contributed by atoms with Gasteiger partial charge >= 0.3 is 0 Å². The van der Waals surface area contributed by atoms with Crippen molar-refractivity contribution in [1.82, 2.24) is 4.98 Å². The lowest BCUT2D eigenvalue weighted by Gasteiger charge is -2.39. The SMILES string of the molecule is NC1CN(c2cc(F)ccc2Nc2cc(F)c(S(=O)(=O)Nc3cscn3)cc2Cl)C1. The number of benzene rings is 2. The molecule has 1 aromatic heterocycles. The molecule has 0 aliphatic carbocycles. The highest BCUT2D eigenvalue weighted by molar-refractivity contribution is 7.92. The molecule has 3 aromatic rings. The number of nitrogens with two attached hydrogens (primary N) is 1. The van der Waals surface area contributed by atoms with Gasteiger partial charge < -0.3 is 16.0 Å². The highest BCUT2D eigenvalue weighted by Crippen LogP contribution is 2.36.